The predicted octanol–water partition coefficient (Wildman–Crippen LogP) is 2.54. The Balaban J connectivity index is 2.87. The van der Waals surface area contributed by atoms with Crippen LogP contribution in [0.3, 0.4) is 0 Å². The molecule has 0 unspecified atom stereocenters. The van der Waals surface area contributed by atoms with E-state index in [4.69, 9.17) is 5.11 Å². The minimum absolute atomic E-state index is 0.306. The molecule has 0 spiro atoms. The Morgan fingerprint density at radius 1 is 1.36 bits per heavy atom. The molecule has 1 N–H and O–H groups in total. The van der Waals surface area contributed by atoms with Crippen LogP contribution < -0.4 is 0 Å². The van der Waals surface area contributed by atoms with Crippen LogP contribution in [0.4, 0.5) is 0 Å². The number of fused-ring (bicyclic) bond motifs is 1. The molecule has 0 aliphatic carbocycles. The second-order valence-electron chi connectivity index (χ2n) is 2.81. The molecular weight excluding hydrogens is 293 g/mol. The van der Waals surface area contributed by atoms with Crippen molar-refractivity contribution in [2.75, 3.05) is 0 Å². The maximum absolute atomic E-state index is 10.9. The van der Waals surface area contributed by atoms with Gasteiger partial charge in [0.25, 0.3) is 0 Å². The third-order valence-corrected chi connectivity index (χ3v) is 2.47. The first-order chi connectivity index (χ1) is 6.68. The van der Waals surface area contributed by atoms with Gasteiger partial charge in [-0.05, 0) is 34.7 Å². The molecule has 1 heterocycles. The summed E-state index contributed by atoms with van der Waals surface area (Å²) in [6.07, 6.45) is 0. The topological polar surface area (TPSA) is 50.2 Å². The molecule has 0 radical (unpaired) electrons. The zero-order valence-corrected chi connectivity index (χ0v) is 9.22. The van der Waals surface area contributed by atoms with Gasteiger partial charge < -0.3 is 5.11 Å². The summed E-state index contributed by atoms with van der Waals surface area (Å²) in [5.41, 5.74) is 1.02. The standard InChI is InChI=1S/C10H6INO2/c11-9-5-7(10(13)14)6-3-1-2-4-8(6)12-9/h1-5H,(H,13,14). The molecule has 2 aromatic rings. The number of hydrogen-bond acceptors (Lipinski definition) is 2. The summed E-state index contributed by atoms with van der Waals surface area (Å²) < 4.78 is 0.693. The quantitative estimate of drug-likeness (QED) is 0.650. The van der Waals surface area contributed by atoms with Crippen LogP contribution >= 0.6 is 22.6 Å². The summed E-state index contributed by atoms with van der Waals surface area (Å²) in [5, 5.41) is 9.66. The van der Waals surface area contributed by atoms with E-state index in [1.807, 2.05) is 40.8 Å². The highest BCUT2D eigenvalue weighted by Gasteiger charge is 2.09. The molecule has 0 aliphatic rings. The van der Waals surface area contributed by atoms with Crippen molar-refractivity contribution >= 4 is 39.5 Å². The second kappa shape index (κ2) is 3.53. The van der Waals surface area contributed by atoms with Gasteiger partial charge in [-0.25, -0.2) is 9.78 Å². The number of benzene rings is 1. The molecule has 1 aromatic heterocycles. The number of para-hydroxylation sites is 1. The summed E-state index contributed by atoms with van der Waals surface area (Å²) in [4.78, 5) is 15.2. The van der Waals surface area contributed by atoms with Gasteiger partial charge in [-0.3, -0.25) is 0 Å². The van der Waals surface area contributed by atoms with Crippen LogP contribution in [-0.4, -0.2) is 16.1 Å². The molecule has 0 amide bonds. The Hall–Kier alpha value is -1.17. The predicted molar refractivity (Wildman–Crippen MR) is 61.4 cm³/mol. The van der Waals surface area contributed by atoms with Gasteiger partial charge in [0, 0.05) is 5.39 Å². The SMILES string of the molecule is O=C(O)c1cc(I)nc2ccccc12. The molecule has 1 aromatic carbocycles. The highest BCUT2D eigenvalue weighted by molar-refractivity contribution is 14.1. The van der Waals surface area contributed by atoms with Crippen molar-refractivity contribution in [1.82, 2.24) is 4.98 Å². The van der Waals surface area contributed by atoms with Gasteiger partial charge in [-0.15, -0.1) is 0 Å². The molecule has 0 saturated heterocycles. The summed E-state index contributed by atoms with van der Waals surface area (Å²) in [7, 11) is 0. The second-order valence-corrected chi connectivity index (χ2v) is 3.92. The Morgan fingerprint density at radius 3 is 2.79 bits per heavy atom. The fourth-order valence-corrected chi connectivity index (χ4v) is 1.89. The van der Waals surface area contributed by atoms with Gasteiger partial charge in [0.1, 0.15) is 3.70 Å². The number of aromatic carboxylic acids is 1. The van der Waals surface area contributed by atoms with E-state index in [1.54, 1.807) is 12.1 Å². The van der Waals surface area contributed by atoms with Crippen LogP contribution in [0, 0.1) is 3.70 Å². The third kappa shape index (κ3) is 1.57. The van der Waals surface area contributed by atoms with Gasteiger partial charge in [0.05, 0.1) is 11.1 Å². The molecule has 0 bridgehead atoms. The number of carbonyl (C=O) groups is 1. The Morgan fingerprint density at radius 2 is 2.07 bits per heavy atom. The van der Waals surface area contributed by atoms with Crippen molar-refractivity contribution in [2.24, 2.45) is 0 Å². The van der Waals surface area contributed by atoms with Crippen LogP contribution in [0.2, 0.25) is 0 Å². The lowest BCUT2D eigenvalue weighted by Crippen LogP contribution is -1.99. The molecule has 2 rings (SSSR count). The molecule has 0 fully saturated rings. The number of rotatable bonds is 1. The molecule has 4 heteroatoms. The summed E-state index contributed by atoms with van der Waals surface area (Å²) in [5.74, 6) is -0.915. The van der Waals surface area contributed by atoms with E-state index >= 15 is 0 Å². The van der Waals surface area contributed by atoms with E-state index in [0.717, 1.165) is 5.52 Å². The average Bonchev–Trinajstić information content (AvgIpc) is 2.16. The first kappa shape index (κ1) is 9.39. The molecule has 0 atom stereocenters. The van der Waals surface area contributed by atoms with Crippen molar-refractivity contribution in [3.05, 3.63) is 39.6 Å². The number of pyridine rings is 1. The lowest BCUT2D eigenvalue weighted by Gasteiger charge is -2.01. The Labute approximate surface area is 93.9 Å². The van der Waals surface area contributed by atoms with E-state index in [-0.39, 0.29) is 0 Å². The monoisotopic (exact) mass is 299 g/mol. The Bertz CT molecular complexity index is 510. The van der Waals surface area contributed by atoms with Crippen LogP contribution in [0.25, 0.3) is 10.9 Å². The smallest absolute Gasteiger partial charge is 0.336 e. The average molecular weight is 299 g/mol. The normalized spacial score (nSPS) is 10.4. The summed E-state index contributed by atoms with van der Waals surface area (Å²) >= 11 is 2.01. The zero-order chi connectivity index (χ0) is 10.1. The lowest BCUT2D eigenvalue weighted by molar-refractivity contribution is 0.0699. The first-order valence-corrected chi connectivity index (χ1v) is 5.05. The number of nitrogens with zero attached hydrogens (tertiary/aromatic N) is 1. The molecule has 70 valence electrons. The highest BCUT2D eigenvalue weighted by atomic mass is 127. The number of hydrogen-bond donors (Lipinski definition) is 1. The van der Waals surface area contributed by atoms with E-state index in [1.165, 1.54) is 0 Å². The highest BCUT2D eigenvalue weighted by Crippen LogP contribution is 2.18. The third-order valence-electron chi connectivity index (χ3n) is 1.92. The number of halogens is 1. The maximum atomic E-state index is 10.9. The van der Waals surface area contributed by atoms with Crippen LogP contribution in [0.5, 0.6) is 0 Å². The number of aromatic nitrogens is 1. The fraction of sp³-hybridized carbons (Fsp3) is 0. The van der Waals surface area contributed by atoms with Gasteiger partial charge >= 0.3 is 5.97 Å². The van der Waals surface area contributed by atoms with E-state index in [9.17, 15) is 4.79 Å². The molecular formula is C10H6INO2. The fourth-order valence-electron chi connectivity index (χ4n) is 1.32. The molecule has 14 heavy (non-hydrogen) atoms. The van der Waals surface area contributed by atoms with Crippen LogP contribution in [0.1, 0.15) is 10.4 Å². The van der Waals surface area contributed by atoms with Gasteiger partial charge in [0.2, 0.25) is 0 Å². The molecule has 3 nitrogen and oxygen atoms in total. The van der Waals surface area contributed by atoms with E-state index in [2.05, 4.69) is 4.98 Å². The van der Waals surface area contributed by atoms with Gasteiger partial charge in [0.15, 0.2) is 0 Å². The lowest BCUT2D eigenvalue weighted by atomic mass is 10.1. The Kier molecular flexibility index (Phi) is 2.37. The minimum atomic E-state index is -0.915. The van der Waals surface area contributed by atoms with Crippen molar-refractivity contribution in [3.63, 3.8) is 0 Å². The van der Waals surface area contributed by atoms with Crippen molar-refractivity contribution in [1.29, 1.82) is 0 Å². The van der Waals surface area contributed by atoms with Crippen molar-refractivity contribution in [2.45, 2.75) is 0 Å². The number of carboxylic acids is 1. The van der Waals surface area contributed by atoms with Crippen molar-refractivity contribution < 1.29 is 9.90 Å². The van der Waals surface area contributed by atoms with Crippen LogP contribution in [-0.2, 0) is 0 Å². The molecule has 0 aliphatic heterocycles. The largest absolute Gasteiger partial charge is 0.478 e. The minimum Gasteiger partial charge on any atom is -0.478 e. The maximum Gasteiger partial charge on any atom is 0.336 e. The molecule has 0 saturated carbocycles. The van der Waals surface area contributed by atoms with E-state index in [0.29, 0.717) is 14.7 Å². The number of carboxylic acid groups (broad SMARTS) is 1. The summed E-state index contributed by atoms with van der Waals surface area (Å²) in [6.45, 7) is 0. The van der Waals surface area contributed by atoms with Crippen molar-refractivity contribution in [3.8, 4) is 0 Å². The van der Waals surface area contributed by atoms with Crippen LogP contribution in [0.15, 0.2) is 30.3 Å². The summed E-state index contributed by atoms with van der Waals surface area (Å²) in [6, 6.07) is 8.80. The van der Waals surface area contributed by atoms with E-state index < -0.39 is 5.97 Å². The first-order valence-electron chi connectivity index (χ1n) is 3.97. The van der Waals surface area contributed by atoms with Gasteiger partial charge in [-0.2, -0.15) is 0 Å². The zero-order valence-electron chi connectivity index (χ0n) is 7.07. The van der Waals surface area contributed by atoms with Gasteiger partial charge in [-0.1, -0.05) is 18.2 Å².